The van der Waals surface area contributed by atoms with Crippen molar-refractivity contribution >= 4 is 11.4 Å². The molecule has 2 nitrogen and oxygen atoms in total. The molecule has 0 amide bonds. The molecule has 0 aliphatic rings. The van der Waals surface area contributed by atoms with Gasteiger partial charge in [-0.2, -0.15) is 0 Å². The maximum absolute atomic E-state index is 5.94. The number of nitrogen functional groups attached to an aromatic ring is 2. The van der Waals surface area contributed by atoms with Gasteiger partial charge in [0, 0.05) is 29.1 Å². The van der Waals surface area contributed by atoms with Crippen molar-refractivity contribution in [2.75, 3.05) is 11.5 Å². The van der Waals surface area contributed by atoms with Crippen LogP contribution in [0.1, 0.15) is 117 Å². The standard InChI is InChI=1S/C37H46N2/c1-4-7-8-9-10-37(31-15-11-27(12-16-31)35(5-2)29-19-23-33(38)24-20-29)32-17-13-28(14-18-32)36(6-3)30-21-25-34(39)26-22-30/h11-26,35-37H,4-10,38-39H2,1-3H3. The molecule has 4 N–H and O–H groups in total. The van der Waals surface area contributed by atoms with Crippen LogP contribution < -0.4 is 11.5 Å². The molecule has 0 saturated heterocycles. The molecule has 0 aliphatic carbocycles. The van der Waals surface area contributed by atoms with Crippen LogP contribution in [0.2, 0.25) is 0 Å². The van der Waals surface area contributed by atoms with Gasteiger partial charge in [-0.05, 0) is 76.9 Å². The number of hydrogen-bond donors (Lipinski definition) is 2. The number of hydrogen-bond acceptors (Lipinski definition) is 2. The molecular weight excluding hydrogens is 472 g/mol. The third kappa shape index (κ3) is 7.32. The van der Waals surface area contributed by atoms with E-state index in [4.69, 9.17) is 11.5 Å². The molecule has 0 aliphatic heterocycles. The summed E-state index contributed by atoms with van der Waals surface area (Å²) in [6, 6.07) is 35.6. The highest BCUT2D eigenvalue weighted by molar-refractivity contribution is 5.45. The predicted octanol–water partition coefficient (Wildman–Crippen LogP) is 10.0. The Balaban J connectivity index is 1.58. The SMILES string of the molecule is CCCCCCC(c1ccc(C(CC)c2ccc(N)cc2)cc1)c1ccc(C(CC)c2ccc(N)cc2)cc1. The molecule has 0 fully saturated rings. The van der Waals surface area contributed by atoms with Crippen LogP contribution in [0.4, 0.5) is 11.4 Å². The summed E-state index contributed by atoms with van der Waals surface area (Å²) in [5, 5.41) is 0. The van der Waals surface area contributed by atoms with Gasteiger partial charge < -0.3 is 11.5 Å². The Morgan fingerprint density at radius 2 is 0.718 bits per heavy atom. The van der Waals surface area contributed by atoms with Gasteiger partial charge >= 0.3 is 0 Å². The Bertz CT molecular complexity index is 1160. The fraction of sp³-hybridized carbons (Fsp3) is 0.351. The molecule has 2 heteroatoms. The molecule has 4 aromatic carbocycles. The van der Waals surface area contributed by atoms with Crippen molar-refractivity contribution < 1.29 is 0 Å². The van der Waals surface area contributed by atoms with Crippen LogP contribution in [0.25, 0.3) is 0 Å². The average Bonchev–Trinajstić information content (AvgIpc) is 2.97. The normalized spacial score (nSPS) is 13.6. The van der Waals surface area contributed by atoms with Crippen LogP contribution in [0.5, 0.6) is 0 Å². The van der Waals surface area contributed by atoms with E-state index in [2.05, 4.69) is 93.6 Å². The molecule has 0 saturated carbocycles. The van der Waals surface area contributed by atoms with E-state index in [1.165, 1.54) is 65.5 Å². The highest BCUT2D eigenvalue weighted by atomic mass is 14.5. The van der Waals surface area contributed by atoms with Crippen molar-refractivity contribution in [2.45, 2.75) is 83.5 Å². The molecule has 39 heavy (non-hydrogen) atoms. The fourth-order valence-electron chi connectivity index (χ4n) is 6.01. The van der Waals surface area contributed by atoms with Gasteiger partial charge in [0.2, 0.25) is 0 Å². The van der Waals surface area contributed by atoms with Crippen LogP contribution in [0, 0.1) is 0 Å². The highest BCUT2D eigenvalue weighted by Gasteiger charge is 2.18. The first kappa shape index (κ1) is 28.5. The zero-order valence-corrected chi connectivity index (χ0v) is 24.1. The van der Waals surface area contributed by atoms with E-state index < -0.39 is 0 Å². The third-order valence-electron chi connectivity index (χ3n) is 8.32. The van der Waals surface area contributed by atoms with Gasteiger partial charge in [-0.3, -0.25) is 0 Å². The van der Waals surface area contributed by atoms with E-state index >= 15 is 0 Å². The summed E-state index contributed by atoms with van der Waals surface area (Å²) in [4.78, 5) is 0. The lowest BCUT2D eigenvalue weighted by molar-refractivity contribution is 0.596. The quantitative estimate of drug-likeness (QED) is 0.137. The number of unbranched alkanes of at least 4 members (excludes halogenated alkanes) is 3. The maximum atomic E-state index is 5.94. The number of rotatable bonds is 13. The lowest BCUT2D eigenvalue weighted by Crippen LogP contribution is -2.05. The molecular formula is C37H46N2. The topological polar surface area (TPSA) is 52.0 Å². The van der Waals surface area contributed by atoms with E-state index in [1.54, 1.807) is 0 Å². The maximum Gasteiger partial charge on any atom is 0.0314 e. The molecule has 204 valence electrons. The van der Waals surface area contributed by atoms with Gasteiger partial charge in [0.15, 0.2) is 0 Å². The minimum absolute atomic E-state index is 0.390. The Labute approximate surface area is 236 Å². The fourth-order valence-corrected chi connectivity index (χ4v) is 6.01. The monoisotopic (exact) mass is 518 g/mol. The second kappa shape index (κ2) is 14.0. The summed E-state index contributed by atoms with van der Waals surface area (Å²) in [5.74, 6) is 1.20. The second-order valence-electron chi connectivity index (χ2n) is 11.0. The zero-order valence-electron chi connectivity index (χ0n) is 24.1. The molecule has 2 atom stereocenters. The van der Waals surface area contributed by atoms with Gasteiger partial charge in [-0.25, -0.2) is 0 Å². The summed E-state index contributed by atoms with van der Waals surface area (Å²) in [5.41, 5.74) is 21.8. The van der Waals surface area contributed by atoms with Gasteiger partial charge in [-0.15, -0.1) is 0 Å². The third-order valence-corrected chi connectivity index (χ3v) is 8.32. The summed E-state index contributed by atoms with van der Waals surface area (Å²) in [6.45, 7) is 6.81. The number of anilines is 2. The predicted molar refractivity (Wildman–Crippen MR) is 169 cm³/mol. The van der Waals surface area contributed by atoms with Crippen LogP contribution in [-0.2, 0) is 0 Å². The van der Waals surface area contributed by atoms with Crippen LogP contribution in [0.3, 0.4) is 0 Å². The zero-order chi connectivity index (χ0) is 27.6. The van der Waals surface area contributed by atoms with E-state index in [-0.39, 0.29) is 0 Å². The van der Waals surface area contributed by atoms with Gasteiger partial charge in [0.1, 0.15) is 0 Å². The lowest BCUT2D eigenvalue weighted by Gasteiger charge is -2.22. The molecule has 4 aromatic rings. The van der Waals surface area contributed by atoms with E-state index in [0.717, 1.165) is 24.2 Å². The Morgan fingerprint density at radius 3 is 1.03 bits per heavy atom. The van der Waals surface area contributed by atoms with Crippen LogP contribution in [0.15, 0.2) is 97.1 Å². The van der Waals surface area contributed by atoms with Gasteiger partial charge in [-0.1, -0.05) is 119 Å². The molecule has 0 spiro atoms. The van der Waals surface area contributed by atoms with Crippen molar-refractivity contribution in [3.05, 3.63) is 130 Å². The molecule has 4 rings (SSSR count). The summed E-state index contributed by atoms with van der Waals surface area (Å²) in [6.07, 6.45) is 8.45. The largest absolute Gasteiger partial charge is 0.399 e. The molecule has 0 radical (unpaired) electrons. The van der Waals surface area contributed by atoms with Gasteiger partial charge in [0.25, 0.3) is 0 Å². The van der Waals surface area contributed by atoms with Crippen molar-refractivity contribution in [2.24, 2.45) is 0 Å². The number of nitrogens with two attached hydrogens (primary N) is 2. The van der Waals surface area contributed by atoms with Crippen molar-refractivity contribution in [1.29, 1.82) is 0 Å². The number of benzene rings is 4. The molecule has 2 unspecified atom stereocenters. The van der Waals surface area contributed by atoms with E-state index in [1.807, 2.05) is 24.3 Å². The van der Waals surface area contributed by atoms with E-state index in [0.29, 0.717) is 17.8 Å². The van der Waals surface area contributed by atoms with Crippen molar-refractivity contribution in [3.63, 3.8) is 0 Å². The minimum atomic E-state index is 0.390. The summed E-state index contributed by atoms with van der Waals surface area (Å²) < 4.78 is 0. The lowest BCUT2D eigenvalue weighted by atomic mass is 9.82. The summed E-state index contributed by atoms with van der Waals surface area (Å²) >= 11 is 0. The van der Waals surface area contributed by atoms with Crippen LogP contribution in [-0.4, -0.2) is 0 Å². The van der Waals surface area contributed by atoms with Gasteiger partial charge in [0.05, 0.1) is 0 Å². The smallest absolute Gasteiger partial charge is 0.0314 e. The Kier molecular flexibility index (Phi) is 10.3. The first-order chi connectivity index (χ1) is 19.0. The molecule has 0 bridgehead atoms. The first-order valence-corrected chi connectivity index (χ1v) is 14.9. The first-order valence-electron chi connectivity index (χ1n) is 14.9. The minimum Gasteiger partial charge on any atom is -0.399 e. The Morgan fingerprint density at radius 1 is 0.410 bits per heavy atom. The highest BCUT2D eigenvalue weighted by Crippen LogP contribution is 2.35. The molecule has 0 heterocycles. The molecule has 0 aromatic heterocycles. The Hall–Kier alpha value is -3.52. The van der Waals surface area contributed by atoms with Crippen molar-refractivity contribution in [3.8, 4) is 0 Å². The van der Waals surface area contributed by atoms with E-state index in [9.17, 15) is 0 Å². The van der Waals surface area contributed by atoms with Crippen molar-refractivity contribution in [1.82, 2.24) is 0 Å². The second-order valence-corrected chi connectivity index (χ2v) is 11.0. The average molecular weight is 519 g/mol. The van der Waals surface area contributed by atoms with Crippen LogP contribution >= 0.6 is 0 Å². The summed E-state index contributed by atoms with van der Waals surface area (Å²) in [7, 11) is 0.